The number of halogens is 2. The van der Waals surface area contributed by atoms with Crippen LogP contribution < -0.4 is 0 Å². The number of aromatic nitrogens is 2. The van der Waals surface area contributed by atoms with Gasteiger partial charge < -0.3 is 5.11 Å². The third-order valence-electron chi connectivity index (χ3n) is 3.73. The van der Waals surface area contributed by atoms with Crippen LogP contribution in [0.25, 0.3) is 0 Å². The highest BCUT2D eigenvalue weighted by atomic mass is 35.5. The first-order chi connectivity index (χ1) is 10.7. The number of hydrogen-bond donors (Lipinski definition) is 1. The monoisotopic (exact) mass is 336 g/mol. The van der Waals surface area contributed by atoms with Crippen LogP contribution in [-0.4, -0.2) is 21.0 Å². The molecule has 2 aromatic rings. The molecule has 6 heteroatoms. The fourth-order valence-electron chi connectivity index (χ4n) is 2.74. The first-order valence-corrected chi connectivity index (χ1v) is 7.54. The number of nitrogens with zero attached hydrogens (tertiary/aromatic N) is 2. The van der Waals surface area contributed by atoms with E-state index in [9.17, 15) is 14.3 Å². The van der Waals surface area contributed by atoms with Crippen LogP contribution in [0.1, 0.15) is 37.9 Å². The maximum absolute atomic E-state index is 13.2. The molecular formula is C17H18ClFN2O2. The molecule has 0 aliphatic heterocycles. The number of aliphatic carboxylic acids is 1. The Balaban J connectivity index is 2.63. The summed E-state index contributed by atoms with van der Waals surface area (Å²) in [6.07, 6.45) is 1.49. The van der Waals surface area contributed by atoms with Crippen molar-refractivity contribution in [1.82, 2.24) is 9.97 Å². The Morgan fingerprint density at radius 1 is 1.22 bits per heavy atom. The van der Waals surface area contributed by atoms with Crippen molar-refractivity contribution >= 4 is 17.6 Å². The molecule has 4 nitrogen and oxygen atoms in total. The van der Waals surface area contributed by atoms with E-state index in [0.29, 0.717) is 11.3 Å². The lowest BCUT2D eigenvalue weighted by Gasteiger charge is -2.34. The van der Waals surface area contributed by atoms with Crippen molar-refractivity contribution in [2.75, 3.05) is 0 Å². The van der Waals surface area contributed by atoms with Gasteiger partial charge in [0.1, 0.15) is 5.82 Å². The average molecular weight is 337 g/mol. The molecule has 0 fully saturated rings. The molecule has 0 spiro atoms. The summed E-state index contributed by atoms with van der Waals surface area (Å²) in [6.45, 7) is 5.56. The minimum Gasteiger partial charge on any atom is -0.481 e. The summed E-state index contributed by atoms with van der Waals surface area (Å²) in [4.78, 5) is 20.0. The quantitative estimate of drug-likeness (QED) is 0.852. The molecule has 2 rings (SSSR count). The molecule has 0 aliphatic carbocycles. The fourth-order valence-corrected chi connectivity index (χ4v) is 2.89. The first kappa shape index (κ1) is 17.3. The first-order valence-electron chi connectivity index (χ1n) is 7.17. The van der Waals surface area contributed by atoms with Crippen LogP contribution in [0, 0.1) is 17.2 Å². The van der Waals surface area contributed by atoms with Gasteiger partial charge in [0.15, 0.2) is 0 Å². The Hall–Kier alpha value is -2.01. The second kappa shape index (κ2) is 6.62. The zero-order valence-corrected chi connectivity index (χ0v) is 13.9. The molecule has 0 amide bonds. The molecule has 1 heterocycles. The van der Waals surface area contributed by atoms with Crippen molar-refractivity contribution in [1.29, 1.82) is 0 Å². The van der Waals surface area contributed by atoms with E-state index >= 15 is 0 Å². The van der Waals surface area contributed by atoms with E-state index in [-0.39, 0.29) is 11.1 Å². The Bertz CT molecular complexity index is 698. The van der Waals surface area contributed by atoms with Crippen LogP contribution >= 0.6 is 11.6 Å². The highest BCUT2D eigenvalue weighted by molar-refractivity contribution is 6.28. The van der Waals surface area contributed by atoms with Crippen LogP contribution in [0.4, 0.5) is 4.39 Å². The van der Waals surface area contributed by atoms with Crippen LogP contribution in [-0.2, 0) is 4.79 Å². The van der Waals surface area contributed by atoms with Crippen LogP contribution in [0.5, 0.6) is 0 Å². The molecule has 1 N–H and O–H groups in total. The largest absolute Gasteiger partial charge is 0.481 e. The molecule has 23 heavy (non-hydrogen) atoms. The standard InChI is InChI=1S/C17H18ClFN2O2/c1-17(2,3)14(15(22)23)13(10-4-6-11(19)7-5-10)12-8-9-20-16(18)21-12/h4-9,13-14H,1-3H3,(H,22,23). The van der Waals surface area contributed by atoms with E-state index in [2.05, 4.69) is 9.97 Å². The maximum Gasteiger partial charge on any atom is 0.308 e. The molecule has 0 radical (unpaired) electrons. The van der Waals surface area contributed by atoms with Gasteiger partial charge in [-0.1, -0.05) is 32.9 Å². The van der Waals surface area contributed by atoms with Crippen molar-refractivity contribution in [3.8, 4) is 0 Å². The third-order valence-corrected chi connectivity index (χ3v) is 3.91. The smallest absolute Gasteiger partial charge is 0.308 e. The van der Waals surface area contributed by atoms with Gasteiger partial charge >= 0.3 is 5.97 Å². The van der Waals surface area contributed by atoms with E-state index in [1.165, 1.54) is 18.3 Å². The lowest BCUT2D eigenvalue weighted by Crippen LogP contribution is -2.35. The van der Waals surface area contributed by atoms with Gasteiger partial charge in [0.25, 0.3) is 0 Å². The van der Waals surface area contributed by atoms with Crippen molar-refractivity contribution in [3.63, 3.8) is 0 Å². The lowest BCUT2D eigenvalue weighted by atomic mass is 9.69. The average Bonchev–Trinajstić information content (AvgIpc) is 2.44. The van der Waals surface area contributed by atoms with Crippen molar-refractivity contribution in [3.05, 3.63) is 58.9 Å². The third kappa shape index (κ3) is 4.05. The minimum absolute atomic E-state index is 0.0488. The highest BCUT2D eigenvalue weighted by Crippen LogP contribution is 2.41. The summed E-state index contributed by atoms with van der Waals surface area (Å²) < 4.78 is 13.2. The van der Waals surface area contributed by atoms with E-state index in [1.54, 1.807) is 18.2 Å². The maximum atomic E-state index is 13.2. The molecule has 0 saturated carbocycles. The van der Waals surface area contributed by atoms with Crippen LogP contribution in [0.3, 0.4) is 0 Å². The Morgan fingerprint density at radius 3 is 2.30 bits per heavy atom. The molecule has 2 unspecified atom stereocenters. The van der Waals surface area contributed by atoms with Gasteiger partial charge in [0.2, 0.25) is 5.28 Å². The summed E-state index contributed by atoms with van der Waals surface area (Å²) in [7, 11) is 0. The number of benzene rings is 1. The van der Waals surface area contributed by atoms with Gasteiger partial charge in [-0.15, -0.1) is 0 Å². The lowest BCUT2D eigenvalue weighted by molar-refractivity contribution is -0.146. The summed E-state index contributed by atoms with van der Waals surface area (Å²) in [5.74, 6) is -2.65. The van der Waals surface area contributed by atoms with Gasteiger partial charge in [-0.05, 0) is 40.8 Å². The number of carboxylic acid groups (broad SMARTS) is 1. The van der Waals surface area contributed by atoms with Crippen molar-refractivity contribution < 1.29 is 14.3 Å². The van der Waals surface area contributed by atoms with Gasteiger partial charge in [-0.2, -0.15) is 0 Å². The van der Waals surface area contributed by atoms with Gasteiger partial charge in [0, 0.05) is 12.1 Å². The summed E-state index contributed by atoms with van der Waals surface area (Å²) in [5, 5.41) is 9.82. The normalized spacial score (nSPS) is 14.3. The van der Waals surface area contributed by atoms with E-state index in [1.807, 2.05) is 20.8 Å². The van der Waals surface area contributed by atoms with Gasteiger partial charge in [-0.25, -0.2) is 14.4 Å². The molecule has 1 aromatic heterocycles. The topological polar surface area (TPSA) is 63.1 Å². The van der Waals surface area contributed by atoms with E-state index in [4.69, 9.17) is 11.6 Å². The summed E-state index contributed by atoms with van der Waals surface area (Å²) in [6, 6.07) is 7.43. The Morgan fingerprint density at radius 2 is 1.83 bits per heavy atom. The predicted octanol–water partition coefficient (Wildman–Crippen LogP) is 4.15. The number of hydrogen-bond acceptors (Lipinski definition) is 3. The predicted molar refractivity (Wildman–Crippen MR) is 85.9 cm³/mol. The molecule has 0 aliphatic rings. The molecule has 2 atom stereocenters. The summed E-state index contributed by atoms with van der Waals surface area (Å²) >= 11 is 5.87. The SMILES string of the molecule is CC(C)(C)C(C(=O)O)C(c1ccc(F)cc1)c1ccnc(Cl)n1. The van der Waals surface area contributed by atoms with Crippen LogP contribution in [0.2, 0.25) is 5.28 Å². The number of carboxylic acids is 1. The van der Waals surface area contributed by atoms with Gasteiger partial charge in [-0.3, -0.25) is 4.79 Å². The van der Waals surface area contributed by atoms with Crippen molar-refractivity contribution in [2.24, 2.45) is 11.3 Å². The van der Waals surface area contributed by atoms with E-state index in [0.717, 1.165) is 0 Å². The second-order valence-corrected chi connectivity index (χ2v) is 6.80. The Labute approximate surface area is 139 Å². The second-order valence-electron chi connectivity index (χ2n) is 6.46. The number of rotatable bonds is 4. The van der Waals surface area contributed by atoms with Crippen LogP contribution in [0.15, 0.2) is 36.5 Å². The Kier molecular flexibility index (Phi) is 5.00. The molecule has 122 valence electrons. The summed E-state index contributed by atoms with van der Waals surface area (Å²) in [5.41, 5.74) is 0.630. The highest BCUT2D eigenvalue weighted by Gasteiger charge is 2.40. The molecular weight excluding hydrogens is 319 g/mol. The zero-order valence-electron chi connectivity index (χ0n) is 13.1. The van der Waals surface area contributed by atoms with Gasteiger partial charge in [0.05, 0.1) is 11.6 Å². The van der Waals surface area contributed by atoms with Crippen molar-refractivity contribution in [2.45, 2.75) is 26.7 Å². The zero-order chi connectivity index (χ0) is 17.2. The number of carbonyl (C=O) groups is 1. The fraction of sp³-hybridized carbons (Fsp3) is 0.353. The molecule has 0 saturated heterocycles. The molecule has 1 aromatic carbocycles. The van der Waals surface area contributed by atoms with E-state index < -0.39 is 23.2 Å². The minimum atomic E-state index is -0.943. The molecule has 0 bridgehead atoms.